The smallest absolute Gasteiger partial charge is 0.263 e. The predicted molar refractivity (Wildman–Crippen MR) is 64.2 cm³/mol. The molecule has 0 fully saturated rings. The minimum Gasteiger partial charge on any atom is -0.383 e. The van der Waals surface area contributed by atoms with Gasteiger partial charge in [0.25, 0.3) is 5.91 Å². The van der Waals surface area contributed by atoms with Gasteiger partial charge in [0.1, 0.15) is 11.6 Å². The highest BCUT2D eigenvalue weighted by atomic mass is 16.5. The number of hydrogen-bond acceptors (Lipinski definition) is 6. The summed E-state index contributed by atoms with van der Waals surface area (Å²) in [6.07, 6.45) is 4.36. The molecule has 1 aromatic heterocycles. The largest absolute Gasteiger partial charge is 0.383 e. The van der Waals surface area contributed by atoms with Gasteiger partial charge in [-0.15, -0.1) is 0 Å². The number of hydrogen-bond donors (Lipinski definition) is 2. The maximum absolute atomic E-state index is 11.5. The SMILES string of the molecule is COCCNC(=O)/C(C#N)=C\Nc1ncccn1. The summed E-state index contributed by atoms with van der Waals surface area (Å²) in [7, 11) is 1.53. The highest BCUT2D eigenvalue weighted by molar-refractivity contribution is 5.97. The van der Waals surface area contributed by atoms with Crippen LogP contribution in [0.2, 0.25) is 0 Å². The zero-order valence-electron chi connectivity index (χ0n) is 9.88. The van der Waals surface area contributed by atoms with Crippen molar-refractivity contribution in [3.05, 3.63) is 30.2 Å². The van der Waals surface area contributed by atoms with Crippen LogP contribution in [0, 0.1) is 11.3 Å². The second kappa shape index (κ2) is 7.76. The van der Waals surface area contributed by atoms with Crippen LogP contribution in [0.15, 0.2) is 30.2 Å². The summed E-state index contributed by atoms with van der Waals surface area (Å²) in [6.45, 7) is 0.732. The van der Waals surface area contributed by atoms with E-state index in [4.69, 9.17) is 10.00 Å². The van der Waals surface area contributed by atoms with E-state index in [9.17, 15) is 4.79 Å². The summed E-state index contributed by atoms with van der Waals surface area (Å²) in [5.74, 6) is -0.159. The zero-order chi connectivity index (χ0) is 13.2. The highest BCUT2D eigenvalue weighted by Crippen LogP contribution is 1.97. The second-order valence-electron chi connectivity index (χ2n) is 3.14. The normalized spacial score (nSPS) is 10.6. The van der Waals surface area contributed by atoms with Gasteiger partial charge in [-0.05, 0) is 6.07 Å². The van der Waals surface area contributed by atoms with Crippen LogP contribution in [-0.4, -0.2) is 36.1 Å². The van der Waals surface area contributed by atoms with Crippen molar-refractivity contribution in [2.45, 2.75) is 0 Å². The number of nitriles is 1. The number of carbonyl (C=O) groups is 1. The fourth-order valence-corrected chi connectivity index (χ4v) is 1.02. The Labute approximate surface area is 105 Å². The minimum atomic E-state index is -0.474. The molecule has 2 N–H and O–H groups in total. The van der Waals surface area contributed by atoms with Crippen molar-refractivity contribution in [1.82, 2.24) is 15.3 Å². The monoisotopic (exact) mass is 247 g/mol. The molecule has 0 saturated carbocycles. The van der Waals surface area contributed by atoms with Crippen molar-refractivity contribution in [3.63, 3.8) is 0 Å². The summed E-state index contributed by atoms with van der Waals surface area (Å²) >= 11 is 0. The minimum absolute atomic E-state index is 0.0569. The molecule has 0 unspecified atom stereocenters. The van der Waals surface area contributed by atoms with Crippen LogP contribution in [0.5, 0.6) is 0 Å². The van der Waals surface area contributed by atoms with Gasteiger partial charge in [-0.1, -0.05) is 0 Å². The first-order valence-corrected chi connectivity index (χ1v) is 5.19. The first kappa shape index (κ1) is 13.6. The van der Waals surface area contributed by atoms with Crippen molar-refractivity contribution < 1.29 is 9.53 Å². The number of rotatable bonds is 6. The standard InChI is InChI=1S/C11H13N5O2/c1-18-6-5-13-10(17)9(7-12)8-16-11-14-3-2-4-15-11/h2-4,8H,5-6H2,1H3,(H,13,17)(H,14,15,16)/b9-8-. The third-order valence-corrected chi connectivity index (χ3v) is 1.87. The third kappa shape index (κ3) is 4.59. The van der Waals surface area contributed by atoms with E-state index >= 15 is 0 Å². The van der Waals surface area contributed by atoms with E-state index in [0.717, 1.165) is 0 Å². The Morgan fingerprint density at radius 1 is 1.56 bits per heavy atom. The van der Waals surface area contributed by atoms with Crippen molar-refractivity contribution in [1.29, 1.82) is 5.26 Å². The number of anilines is 1. The number of carbonyl (C=O) groups excluding carboxylic acids is 1. The molecule has 1 rings (SSSR count). The second-order valence-corrected chi connectivity index (χ2v) is 3.14. The lowest BCUT2D eigenvalue weighted by Gasteiger charge is -2.03. The molecule has 7 nitrogen and oxygen atoms in total. The van der Waals surface area contributed by atoms with Gasteiger partial charge in [0.2, 0.25) is 5.95 Å². The van der Waals surface area contributed by atoms with E-state index in [1.807, 2.05) is 0 Å². The number of nitrogens with one attached hydrogen (secondary N) is 2. The molecule has 1 aromatic rings. The molecule has 7 heteroatoms. The van der Waals surface area contributed by atoms with E-state index in [1.165, 1.54) is 13.3 Å². The number of nitrogens with zero attached hydrogens (tertiary/aromatic N) is 3. The molecule has 0 aliphatic carbocycles. The average Bonchev–Trinajstić information content (AvgIpc) is 2.41. The summed E-state index contributed by atoms with van der Waals surface area (Å²) < 4.78 is 4.78. The molecule has 18 heavy (non-hydrogen) atoms. The first-order valence-electron chi connectivity index (χ1n) is 5.19. The molecule has 94 valence electrons. The van der Waals surface area contributed by atoms with Gasteiger partial charge in [-0.25, -0.2) is 9.97 Å². The topological polar surface area (TPSA) is 99.9 Å². The number of amides is 1. The Morgan fingerprint density at radius 3 is 2.89 bits per heavy atom. The van der Waals surface area contributed by atoms with Crippen LogP contribution >= 0.6 is 0 Å². The van der Waals surface area contributed by atoms with Gasteiger partial charge in [0.15, 0.2) is 0 Å². The van der Waals surface area contributed by atoms with Crippen LogP contribution in [0.4, 0.5) is 5.95 Å². The van der Waals surface area contributed by atoms with Gasteiger partial charge in [0.05, 0.1) is 6.61 Å². The molecular formula is C11H13N5O2. The van der Waals surface area contributed by atoms with E-state index in [-0.39, 0.29) is 5.57 Å². The van der Waals surface area contributed by atoms with Crippen LogP contribution in [0.3, 0.4) is 0 Å². The van der Waals surface area contributed by atoms with E-state index in [0.29, 0.717) is 19.1 Å². The molecule has 0 bridgehead atoms. The lowest BCUT2D eigenvalue weighted by molar-refractivity contribution is -0.117. The summed E-state index contributed by atoms with van der Waals surface area (Å²) in [5, 5.41) is 14.0. The summed E-state index contributed by atoms with van der Waals surface area (Å²) in [5.41, 5.74) is -0.0569. The summed E-state index contributed by atoms with van der Waals surface area (Å²) in [4.78, 5) is 19.3. The van der Waals surface area contributed by atoms with Gasteiger partial charge in [-0.3, -0.25) is 4.79 Å². The Balaban J connectivity index is 2.55. The Kier molecular flexibility index (Phi) is 5.86. The van der Waals surface area contributed by atoms with Crippen LogP contribution in [0.1, 0.15) is 0 Å². The molecule has 0 aliphatic heterocycles. The number of ether oxygens (including phenoxy) is 1. The van der Waals surface area contributed by atoms with Crippen LogP contribution < -0.4 is 10.6 Å². The number of methoxy groups -OCH3 is 1. The van der Waals surface area contributed by atoms with Gasteiger partial charge < -0.3 is 15.4 Å². The molecule has 0 aliphatic rings. The first-order chi connectivity index (χ1) is 8.77. The molecule has 0 aromatic carbocycles. The lowest BCUT2D eigenvalue weighted by Crippen LogP contribution is -2.28. The van der Waals surface area contributed by atoms with Gasteiger partial charge in [-0.2, -0.15) is 5.26 Å². The fraction of sp³-hybridized carbons (Fsp3) is 0.273. The van der Waals surface area contributed by atoms with E-state index < -0.39 is 5.91 Å². The van der Waals surface area contributed by atoms with Crippen molar-refractivity contribution in [3.8, 4) is 6.07 Å². The Bertz CT molecular complexity index is 452. The van der Waals surface area contributed by atoms with Crippen molar-refractivity contribution >= 4 is 11.9 Å². The van der Waals surface area contributed by atoms with Crippen molar-refractivity contribution in [2.24, 2.45) is 0 Å². The number of aromatic nitrogens is 2. The van der Waals surface area contributed by atoms with Crippen LogP contribution in [0.25, 0.3) is 0 Å². The van der Waals surface area contributed by atoms with E-state index in [1.54, 1.807) is 24.5 Å². The molecule has 1 amide bonds. The molecule has 1 heterocycles. The highest BCUT2D eigenvalue weighted by Gasteiger charge is 2.07. The Hall–Kier alpha value is -2.46. The van der Waals surface area contributed by atoms with Gasteiger partial charge >= 0.3 is 0 Å². The van der Waals surface area contributed by atoms with Crippen LogP contribution in [-0.2, 0) is 9.53 Å². The molecule has 0 atom stereocenters. The maximum Gasteiger partial charge on any atom is 0.263 e. The van der Waals surface area contributed by atoms with E-state index in [2.05, 4.69) is 20.6 Å². The Morgan fingerprint density at radius 2 is 2.28 bits per heavy atom. The maximum atomic E-state index is 11.5. The molecule has 0 saturated heterocycles. The average molecular weight is 247 g/mol. The summed E-state index contributed by atoms with van der Waals surface area (Å²) in [6, 6.07) is 3.45. The lowest BCUT2D eigenvalue weighted by atomic mass is 10.3. The van der Waals surface area contributed by atoms with Gasteiger partial charge in [0, 0.05) is 32.2 Å². The van der Waals surface area contributed by atoms with Crippen molar-refractivity contribution in [2.75, 3.05) is 25.6 Å². The molecular weight excluding hydrogens is 234 g/mol. The third-order valence-electron chi connectivity index (χ3n) is 1.87. The molecule has 0 spiro atoms. The quantitative estimate of drug-likeness (QED) is 0.419. The zero-order valence-corrected chi connectivity index (χ0v) is 9.88. The fourth-order valence-electron chi connectivity index (χ4n) is 1.02. The molecule has 0 radical (unpaired) electrons. The predicted octanol–water partition coefficient (Wildman–Crippen LogP) is 0.0586.